The van der Waals surface area contributed by atoms with Gasteiger partial charge in [0, 0.05) is 21.8 Å². The first kappa shape index (κ1) is 21.9. The molecule has 0 fully saturated rings. The number of aromatic nitrogens is 3. The summed E-state index contributed by atoms with van der Waals surface area (Å²) in [5, 5.41) is 8.64. The van der Waals surface area contributed by atoms with Crippen LogP contribution in [0.2, 0.25) is 10.0 Å². The molecule has 1 N–H and O–H groups in total. The van der Waals surface area contributed by atoms with Crippen molar-refractivity contribution in [3.8, 4) is 35.4 Å². The molecule has 0 aliphatic carbocycles. The number of halogens is 3. The van der Waals surface area contributed by atoms with Crippen molar-refractivity contribution in [1.29, 1.82) is 0 Å². The number of nitrogens with one attached hydrogen (secondary N) is 1. The standard InChI is InChI=1S/C24H18Cl2FN3O2/c1-5-15-8-17(25)11-18(9-15)31-23-19(26)7-6-16(21(23)27)10-20-29-30-24(32-20)22-13(3)12(2)14(4)28-22/h1,6-9,11,28H,10H2,2-4H3. The molecule has 0 saturated carbocycles. The maximum Gasteiger partial charge on any atom is 0.264 e. The van der Waals surface area contributed by atoms with Crippen LogP contribution in [-0.4, -0.2) is 15.2 Å². The minimum atomic E-state index is -0.637. The zero-order valence-electron chi connectivity index (χ0n) is 17.5. The largest absolute Gasteiger partial charge is 0.453 e. The highest BCUT2D eigenvalue weighted by molar-refractivity contribution is 6.32. The van der Waals surface area contributed by atoms with E-state index in [-0.39, 0.29) is 34.4 Å². The molecule has 4 aromatic rings. The zero-order valence-corrected chi connectivity index (χ0v) is 19.0. The molecule has 8 heteroatoms. The molecule has 2 aromatic carbocycles. The van der Waals surface area contributed by atoms with Crippen molar-refractivity contribution >= 4 is 23.2 Å². The summed E-state index contributed by atoms with van der Waals surface area (Å²) < 4.78 is 26.7. The van der Waals surface area contributed by atoms with Gasteiger partial charge in [-0.2, -0.15) is 0 Å². The van der Waals surface area contributed by atoms with Crippen molar-refractivity contribution in [3.05, 3.63) is 80.0 Å². The van der Waals surface area contributed by atoms with Crippen molar-refractivity contribution < 1.29 is 13.5 Å². The second-order valence-electron chi connectivity index (χ2n) is 7.32. The van der Waals surface area contributed by atoms with Gasteiger partial charge in [-0.1, -0.05) is 35.2 Å². The maximum absolute atomic E-state index is 15.3. The third-order valence-corrected chi connectivity index (χ3v) is 5.74. The van der Waals surface area contributed by atoms with Crippen LogP contribution in [0.1, 0.15) is 33.8 Å². The van der Waals surface area contributed by atoms with Gasteiger partial charge < -0.3 is 14.1 Å². The van der Waals surface area contributed by atoms with E-state index in [0.29, 0.717) is 16.5 Å². The number of nitrogens with zero attached hydrogens (tertiary/aromatic N) is 2. The fraction of sp³-hybridized carbons (Fsp3) is 0.167. The Bertz CT molecular complexity index is 1370. The van der Waals surface area contributed by atoms with Crippen LogP contribution < -0.4 is 4.74 Å². The second-order valence-corrected chi connectivity index (χ2v) is 8.17. The Morgan fingerprint density at radius 1 is 1.12 bits per heavy atom. The molecular weight excluding hydrogens is 452 g/mol. The van der Waals surface area contributed by atoms with Crippen LogP contribution >= 0.6 is 23.2 Å². The highest BCUT2D eigenvalue weighted by atomic mass is 35.5. The summed E-state index contributed by atoms with van der Waals surface area (Å²) in [6.45, 7) is 5.96. The molecular formula is C24H18Cl2FN3O2. The van der Waals surface area contributed by atoms with Gasteiger partial charge in [0.2, 0.25) is 5.89 Å². The quantitative estimate of drug-likeness (QED) is 0.326. The van der Waals surface area contributed by atoms with Gasteiger partial charge in [0.25, 0.3) is 5.89 Å². The summed E-state index contributed by atoms with van der Waals surface area (Å²) in [6, 6.07) is 7.79. The molecule has 2 heterocycles. The molecule has 2 aromatic heterocycles. The van der Waals surface area contributed by atoms with Gasteiger partial charge in [0.15, 0.2) is 11.6 Å². The number of aromatic amines is 1. The molecule has 5 nitrogen and oxygen atoms in total. The van der Waals surface area contributed by atoms with Gasteiger partial charge in [0.1, 0.15) is 11.4 Å². The Hall–Kier alpha value is -3.27. The monoisotopic (exact) mass is 469 g/mol. The Balaban J connectivity index is 1.62. The summed E-state index contributed by atoms with van der Waals surface area (Å²) >= 11 is 12.2. The Morgan fingerprint density at radius 2 is 1.91 bits per heavy atom. The first-order valence-corrected chi connectivity index (χ1v) is 10.4. The van der Waals surface area contributed by atoms with Crippen molar-refractivity contribution in [3.63, 3.8) is 0 Å². The van der Waals surface area contributed by atoms with Crippen LogP contribution in [0.15, 0.2) is 34.7 Å². The Labute approximate surface area is 194 Å². The molecule has 0 atom stereocenters. The molecule has 0 radical (unpaired) electrons. The van der Waals surface area contributed by atoms with Crippen LogP contribution in [0.4, 0.5) is 4.39 Å². The number of aryl methyl sites for hydroxylation is 1. The lowest BCUT2D eigenvalue weighted by atomic mass is 10.1. The van der Waals surface area contributed by atoms with E-state index in [1.807, 2.05) is 20.8 Å². The normalized spacial score (nSPS) is 10.9. The molecule has 0 saturated heterocycles. The van der Waals surface area contributed by atoms with E-state index in [1.54, 1.807) is 24.3 Å². The molecule has 0 amide bonds. The SMILES string of the molecule is C#Cc1cc(Cl)cc(Oc2c(Cl)ccc(Cc3nnc(-c4[nH]c(C)c(C)c4C)o3)c2F)c1. The fourth-order valence-electron chi connectivity index (χ4n) is 3.27. The Kier molecular flexibility index (Phi) is 5.96. The smallest absolute Gasteiger partial charge is 0.264 e. The van der Waals surface area contributed by atoms with E-state index in [1.165, 1.54) is 6.07 Å². The molecule has 0 unspecified atom stereocenters. The van der Waals surface area contributed by atoms with Gasteiger partial charge in [-0.25, -0.2) is 4.39 Å². The summed E-state index contributed by atoms with van der Waals surface area (Å²) in [6.07, 6.45) is 5.49. The van der Waals surface area contributed by atoms with Gasteiger partial charge >= 0.3 is 0 Å². The maximum atomic E-state index is 15.3. The van der Waals surface area contributed by atoms with Gasteiger partial charge in [0.05, 0.1) is 11.4 Å². The summed E-state index contributed by atoms with van der Waals surface area (Å²) in [5.74, 6) is 2.58. The van der Waals surface area contributed by atoms with Crippen molar-refractivity contribution in [1.82, 2.24) is 15.2 Å². The lowest BCUT2D eigenvalue weighted by Crippen LogP contribution is -1.98. The van der Waals surface area contributed by atoms with Crippen LogP contribution in [-0.2, 0) is 6.42 Å². The van der Waals surface area contributed by atoms with Crippen molar-refractivity contribution in [2.24, 2.45) is 0 Å². The average molecular weight is 470 g/mol. The van der Waals surface area contributed by atoms with Crippen LogP contribution in [0, 0.1) is 38.9 Å². The minimum Gasteiger partial charge on any atom is -0.453 e. The van der Waals surface area contributed by atoms with E-state index in [4.69, 9.17) is 38.8 Å². The lowest BCUT2D eigenvalue weighted by molar-refractivity contribution is 0.437. The van der Waals surface area contributed by atoms with E-state index in [9.17, 15) is 0 Å². The summed E-state index contributed by atoms with van der Waals surface area (Å²) in [4.78, 5) is 3.24. The highest BCUT2D eigenvalue weighted by Crippen LogP contribution is 2.36. The summed E-state index contributed by atoms with van der Waals surface area (Å²) in [7, 11) is 0. The predicted molar refractivity (Wildman–Crippen MR) is 122 cm³/mol. The minimum absolute atomic E-state index is 0.0647. The lowest BCUT2D eigenvalue weighted by Gasteiger charge is -2.12. The van der Waals surface area contributed by atoms with Crippen LogP contribution in [0.5, 0.6) is 11.5 Å². The van der Waals surface area contributed by atoms with Crippen LogP contribution in [0.25, 0.3) is 11.6 Å². The van der Waals surface area contributed by atoms with E-state index >= 15 is 4.39 Å². The molecule has 0 aliphatic heterocycles. The van der Waals surface area contributed by atoms with Gasteiger partial charge in [-0.3, -0.25) is 0 Å². The van der Waals surface area contributed by atoms with E-state index in [0.717, 1.165) is 22.5 Å². The number of hydrogen-bond acceptors (Lipinski definition) is 4. The molecule has 0 bridgehead atoms. The number of rotatable bonds is 5. The highest BCUT2D eigenvalue weighted by Gasteiger charge is 2.20. The average Bonchev–Trinajstić information content (AvgIpc) is 3.32. The Morgan fingerprint density at radius 3 is 2.59 bits per heavy atom. The summed E-state index contributed by atoms with van der Waals surface area (Å²) in [5.41, 5.74) is 4.72. The van der Waals surface area contributed by atoms with Crippen molar-refractivity contribution in [2.45, 2.75) is 27.2 Å². The van der Waals surface area contributed by atoms with Gasteiger partial charge in [-0.05, 0) is 56.2 Å². The molecule has 0 spiro atoms. The fourth-order valence-corrected chi connectivity index (χ4v) is 3.68. The number of ether oxygens (including phenoxy) is 1. The number of benzene rings is 2. The zero-order chi connectivity index (χ0) is 23.0. The van der Waals surface area contributed by atoms with Crippen molar-refractivity contribution in [2.75, 3.05) is 0 Å². The molecule has 0 aliphatic rings. The molecule has 32 heavy (non-hydrogen) atoms. The molecule has 162 valence electrons. The molecule has 4 rings (SSSR count). The van der Waals surface area contributed by atoms with Crippen LogP contribution in [0.3, 0.4) is 0 Å². The first-order valence-electron chi connectivity index (χ1n) is 9.67. The third-order valence-electron chi connectivity index (χ3n) is 5.22. The first-order chi connectivity index (χ1) is 15.3. The van der Waals surface area contributed by atoms with E-state index < -0.39 is 5.82 Å². The predicted octanol–water partition coefficient (Wildman–Crippen LogP) is 6.80. The van der Waals surface area contributed by atoms with E-state index in [2.05, 4.69) is 21.1 Å². The second kappa shape index (κ2) is 8.70. The van der Waals surface area contributed by atoms with Gasteiger partial charge in [-0.15, -0.1) is 16.6 Å². The number of H-pyrrole nitrogens is 1. The topological polar surface area (TPSA) is 63.9 Å². The number of hydrogen-bond donors (Lipinski definition) is 1. The third kappa shape index (κ3) is 4.22. The number of terminal acetylenes is 1.